The van der Waals surface area contributed by atoms with E-state index >= 15 is 0 Å². The van der Waals surface area contributed by atoms with Crippen molar-refractivity contribution in [1.82, 2.24) is 9.97 Å². The zero-order valence-electron chi connectivity index (χ0n) is 14.5. The van der Waals surface area contributed by atoms with Crippen molar-refractivity contribution < 1.29 is 9.53 Å². The summed E-state index contributed by atoms with van der Waals surface area (Å²) in [5, 5.41) is 6.07. The fourth-order valence-corrected chi connectivity index (χ4v) is 2.35. The largest absolute Gasteiger partial charge is 0.493 e. The number of carbonyl (C=O) groups is 1. The standard InChI is InChI=1S/C20H20N4O2/c1-15-12-19(22-14-21-15)23-16-6-5-7-17(13-16)24-20(25)10-11-26-18-8-3-2-4-9-18/h2-9,12-14H,10-11H2,1H3,(H,24,25)(H,21,22,23). The van der Waals surface area contributed by atoms with Gasteiger partial charge in [-0.2, -0.15) is 0 Å². The Balaban J connectivity index is 1.52. The normalized spacial score (nSPS) is 10.2. The van der Waals surface area contributed by atoms with Crippen molar-refractivity contribution in [3.8, 4) is 5.75 Å². The summed E-state index contributed by atoms with van der Waals surface area (Å²) in [5.41, 5.74) is 2.43. The van der Waals surface area contributed by atoms with Crippen LogP contribution in [-0.2, 0) is 4.79 Å². The molecule has 0 saturated heterocycles. The third-order valence-electron chi connectivity index (χ3n) is 3.56. The highest BCUT2D eigenvalue weighted by Gasteiger charge is 2.04. The summed E-state index contributed by atoms with van der Waals surface area (Å²) in [5.74, 6) is 1.36. The molecular formula is C20H20N4O2. The van der Waals surface area contributed by atoms with Crippen molar-refractivity contribution in [1.29, 1.82) is 0 Å². The van der Waals surface area contributed by atoms with Crippen molar-refractivity contribution in [2.45, 2.75) is 13.3 Å². The van der Waals surface area contributed by atoms with Crippen molar-refractivity contribution in [3.63, 3.8) is 0 Å². The molecule has 0 radical (unpaired) electrons. The Labute approximate surface area is 152 Å². The summed E-state index contributed by atoms with van der Waals surface area (Å²) < 4.78 is 5.54. The quantitative estimate of drug-likeness (QED) is 0.676. The van der Waals surface area contributed by atoms with Crippen LogP contribution >= 0.6 is 0 Å². The van der Waals surface area contributed by atoms with Crippen LogP contribution in [0.3, 0.4) is 0 Å². The van der Waals surface area contributed by atoms with Crippen molar-refractivity contribution >= 4 is 23.1 Å². The molecule has 0 atom stereocenters. The van der Waals surface area contributed by atoms with E-state index in [0.717, 1.165) is 17.1 Å². The van der Waals surface area contributed by atoms with E-state index in [1.54, 1.807) is 0 Å². The molecule has 1 heterocycles. The number of nitrogens with zero attached hydrogens (tertiary/aromatic N) is 2. The minimum absolute atomic E-state index is 0.101. The average Bonchev–Trinajstić information content (AvgIpc) is 2.63. The second kappa shape index (κ2) is 8.62. The first-order valence-corrected chi connectivity index (χ1v) is 8.32. The molecular weight excluding hydrogens is 328 g/mol. The van der Waals surface area contributed by atoms with Gasteiger partial charge in [-0.15, -0.1) is 0 Å². The molecule has 1 aromatic heterocycles. The number of rotatable bonds is 7. The molecule has 0 aliphatic carbocycles. The molecule has 2 aromatic carbocycles. The maximum absolute atomic E-state index is 12.1. The number of anilines is 3. The first-order valence-electron chi connectivity index (χ1n) is 8.32. The maximum Gasteiger partial charge on any atom is 0.227 e. The van der Waals surface area contributed by atoms with Crippen molar-refractivity contribution in [3.05, 3.63) is 72.7 Å². The Bertz CT molecular complexity index is 868. The fraction of sp³-hybridized carbons (Fsp3) is 0.150. The Hall–Kier alpha value is -3.41. The van der Waals surface area contributed by atoms with Gasteiger partial charge in [-0.25, -0.2) is 9.97 Å². The number of hydrogen-bond donors (Lipinski definition) is 2. The zero-order valence-corrected chi connectivity index (χ0v) is 14.5. The molecule has 0 aliphatic rings. The number of benzene rings is 2. The molecule has 6 heteroatoms. The van der Waals surface area contributed by atoms with Gasteiger partial charge in [-0.05, 0) is 37.3 Å². The summed E-state index contributed by atoms with van der Waals surface area (Å²) in [6.07, 6.45) is 1.79. The summed E-state index contributed by atoms with van der Waals surface area (Å²) in [6.45, 7) is 2.23. The lowest BCUT2D eigenvalue weighted by molar-refractivity contribution is -0.116. The SMILES string of the molecule is Cc1cc(Nc2cccc(NC(=O)CCOc3ccccc3)c2)ncn1. The van der Waals surface area contributed by atoms with Gasteiger partial charge in [0.05, 0.1) is 13.0 Å². The van der Waals surface area contributed by atoms with Crippen molar-refractivity contribution in [2.24, 2.45) is 0 Å². The van der Waals surface area contributed by atoms with E-state index in [9.17, 15) is 4.79 Å². The molecule has 0 saturated carbocycles. The number of nitrogens with one attached hydrogen (secondary N) is 2. The number of carbonyl (C=O) groups excluding carboxylic acids is 1. The number of aromatic nitrogens is 2. The number of ether oxygens (including phenoxy) is 1. The first-order chi connectivity index (χ1) is 12.7. The van der Waals surface area contributed by atoms with Crippen LogP contribution in [0.25, 0.3) is 0 Å². The van der Waals surface area contributed by atoms with E-state index in [1.807, 2.05) is 67.6 Å². The third kappa shape index (κ3) is 5.31. The number of hydrogen-bond acceptors (Lipinski definition) is 5. The highest BCUT2D eigenvalue weighted by Crippen LogP contribution is 2.19. The number of aryl methyl sites for hydroxylation is 1. The van der Waals surface area contributed by atoms with Gasteiger partial charge in [0.15, 0.2) is 0 Å². The van der Waals surface area contributed by atoms with Crippen molar-refractivity contribution in [2.75, 3.05) is 17.2 Å². The molecule has 3 aromatic rings. The topological polar surface area (TPSA) is 76.1 Å². The smallest absolute Gasteiger partial charge is 0.227 e. The minimum Gasteiger partial charge on any atom is -0.493 e. The monoisotopic (exact) mass is 348 g/mol. The molecule has 0 aliphatic heterocycles. The lowest BCUT2D eigenvalue weighted by Crippen LogP contribution is -2.15. The Morgan fingerprint density at radius 1 is 1.00 bits per heavy atom. The van der Waals surface area contributed by atoms with E-state index in [2.05, 4.69) is 20.6 Å². The lowest BCUT2D eigenvalue weighted by Gasteiger charge is -2.10. The van der Waals surface area contributed by atoms with Crippen LogP contribution in [0, 0.1) is 6.92 Å². The van der Waals surface area contributed by atoms with E-state index in [4.69, 9.17) is 4.74 Å². The molecule has 0 unspecified atom stereocenters. The van der Waals surface area contributed by atoms with E-state index in [1.165, 1.54) is 6.33 Å². The third-order valence-corrected chi connectivity index (χ3v) is 3.56. The van der Waals surface area contributed by atoms with Crippen LogP contribution in [0.2, 0.25) is 0 Å². The summed E-state index contributed by atoms with van der Waals surface area (Å²) >= 11 is 0. The second-order valence-electron chi connectivity index (χ2n) is 5.71. The summed E-state index contributed by atoms with van der Waals surface area (Å²) in [4.78, 5) is 20.3. The molecule has 132 valence electrons. The van der Waals surface area contributed by atoms with Gasteiger partial charge in [0.25, 0.3) is 0 Å². The molecule has 2 N–H and O–H groups in total. The van der Waals surface area contributed by atoms with Crippen LogP contribution in [0.5, 0.6) is 5.75 Å². The molecule has 26 heavy (non-hydrogen) atoms. The first kappa shape index (κ1) is 17.4. The van der Waals surface area contributed by atoms with Gasteiger partial charge in [-0.3, -0.25) is 4.79 Å². The molecule has 3 rings (SSSR count). The highest BCUT2D eigenvalue weighted by molar-refractivity contribution is 5.91. The Morgan fingerprint density at radius 3 is 2.62 bits per heavy atom. The molecule has 0 bridgehead atoms. The Morgan fingerprint density at radius 2 is 1.81 bits per heavy atom. The van der Waals surface area contributed by atoms with E-state index in [0.29, 0.717) is 18.1 Å². The number of para-hydroxylation sites is 1. The predicted molar refractivity (Wildman–Crippen MR) is 102 cm³/mol. The predicted octanol–water partition coefficient (Wildman–Crippen LogP) is 3.94. The maximum atomic E-state index is 12.1. The molecule has 0 fully saturated rings. The van der Waals surface area contributed by atoms with Gasteiger partial charge in [0.2, 0.25) is 5.91 Å². The van der Waals surface area contributed by atoms with Gasteiger partial charge in [-0.1, -0.05) is 24.3 Å². The highest BCUT2D eigenvalue weighted by atomic mass is 16.5. The molecule has 0 spiro atoms. The van der Waals surface area contributed by atoms with Crippen LogP contribution in [0.4, 0.5) is 17.2 Å². The van der Waals surface area contributed by atoms with Crippen LogP contribution < -0.4 is 15.4 Å². The van der Waals surface area contributed by atoms with Gasteiger partial charge >= 0.3 is 0 Å². The van der Waals surface area contributed by atoms with Crippen LogP contribution in [0.15, 0.2) is 67.0 Å². The number of amides is 1. The average molecular weight is 348 g/mol. The molecule has 6 nitrogen and oxygen atoms in total. The van der Waals surface area contributed by atoms with E-state index < -0.39 is 0 Å². The molecule has 1 amide bonds. The van der Waals surface area contributed by atoms with Crippen LogP contribution in [0.1, 0.15) is 12.1 Å². The lowest BCUT2D eigenvalue weighted by atomic mass is 10.2. The Kier molecular flexibility index (Phi) is 5.77. The van der Waals surface area contributed by atoms with Crippen LogP contribution in [-0.4, -0.2) is 22.5 Å². The van der Waals surface area contributed by atoms with Gasteiger partial charge in [0, 0.05) is 23.1 Å². The summed E-state index contributed by atoms with van der Waals surface area (Å²) in [6, 6.07) is 18.8. The fourth-order valence-electron chi connectivity index (χ4n) is 2.35. The second-order valence-corrected chi connectivity index (χ2v) is 5.71. The zero-order chi connectivity index (χ0) is 18.2. The van der Waals surface area contributed by atoms with E-state index in [-0.39, 0.29) is 12.3 Å². The van der Waals surface area contributed by atoms with Gasteiger partial charge in [0.1, 0.15) is 17.9 Å². The summed E-state index contributed by atoms with van der Waals surface area (Å²) in [7, 11) is 0. The minimum atomic E-state index is -0.101. The van der Waals surface area contributed by atoms with Gasteiger partial charge < -0.3 is 15.4 Å².